The summed E-state index contributed by atoms with van der Waals surface area (Å²) in [5.41, 5.74) is 12.2. The average Bonchev–Trinajstić information content (AvgIpc) is 3.40. The number of thioether (sulfide) groups is 1. The van der Waals surface area contributed by atoms with Gasteiger partial charge in [0.1, 0.15) is 23.9 Å². The Hall–Kier alpha value is -4.11. The number of phenolic OH excluding ortho intramolecular Hbond substituents is 1. The number of hydrogen-bond acceptors (Lipinski definition) is 9. The molecule has 0 saturated carbocycles. The highest BCUT2D eigenvalue weighted by Crippen LogP contribution is 2.12. The highest BCUT2D eigenvalue weighted by Gasteiger charge is 2.31. The molecule has 4 unspecified atom stereocenters. The first kappa shape index (κ1) is 31.1. The molecule has 1 aromatic carbocycles. The van der Waals surface area contributed by atoms with E-state index in [9.17, 15) is 34.2 Å². The van der Waals surface area contributed by atoms with Gasteiger partial charge in [-0.15, -0.1) is 0 Å². The first-order chi connectivity index (χ1) is 18.5. The molecule has 212 valence electrons. The standard InChI is InChI=1S/C24H33N7O7S/c1-39-7-6-16(25)21(34)29-17(8-13-2-4-15(32)5-3-13)22(35)30-18(10-20(26)33)23(36)31-19(24(37)38)9-14-11-27-12-28-14/h2-5,11-12,16-19,32H,6-10,25H2,1H3,(H2,26,33)(H,27,28)(H,29,34)(H,30,35)(H,31,36)(H,37,38). The number of benzene rings is 1. The van der Waals surface area contributed by atoms with Crippen molar-refractivity contribution < 1.29 is 34.2 Å². The number of aliphatic carboxylic acids is 1. The number of carbonyl (C=O) groups excluding carboxylic acids is 4. The second kappa shape index (κ2) is 15.3. The van der Waals surface area contributed by atoms with Crippen LogP contribution in [-0.4, -0.2) is 86.0 Å². The number of amides is 4. The Kier molecular flexibility index (Phi) is 12.2. The monoisotopic (exact) mass is 563 g/mol. The van der Waals surface area contributed by atoms with E-state index in [2.05, 4.69) is 25.9 Å². The molecule has 0 bridgehead atoms. The predicted molar refractivity (Wildman–Crippen MR) is 142 cm³/mol. The number of phenols is 1. The second-order valence-corrected chi connectivity index (χ2v) is 9.72. The van der Waals surface area contributed by atoms with E-state index in [0.29, 0.717) is 23.4 Å². The maximum Gasteiger partial charge on any atom is 0.326 e. The number of primary amides is 1. The van der Waals surface area contributed by atoms with Gasteiger partial charge in [0, 0.05) is 24.7 Å². The normalized spacial score (nSPS) is 13.9. The van der Waals surface area contributed by atoms with Gasteiger partial charge in [-0.1, -0.05) is 12.1 Å². The largest absolute Gasteiger partial charge is 0.508 e. The van der Waals surface area contributed by atoms with Crippen LogP contribution in [0.4, 0.5) is 0 Å². The van der Waals surface area contributed by atoms with Gasteiger partial charge in [0.15, 0.2) is 0 Å². The fourth-order valence-corrected chi connectivity index (χ4v) is 3.99. The zero-order valence-electron chi connectivity index (χ0n) is 21.3. The lowest BCUT2D eigenvalue weighted by Gasteiger charge is -2.25. The molecule has 0 saturated heterocycles. The lowest BCUT2D eigenvalue weighted by atomic mass is 10.0. The first-order valence-electron chi connectivity index (χ1n) is 11.9. The fourth-order valence-electron chi connectivity index (χ4n) is 3.50. The van der Waals surface area contributed by atoms with E-state index in [0.717, 1.165) is 0 Å². The number of nitrogens with one attached hydrogen (secondary N) is 4. The van der Waals surface area contributed by atoms with Gasteiger partial charge < -0.3 is 42.6 Å². The van der Waals surface area contributed by atoms with Crippen LogP contribution >= 0.6 is 11.8 Å². The molecule has 14 nitrogen and oxygen atoms in total. The van der Waals surface area contributed by atoms with E-state index in [1.54, 1.807) is 12.1 Å². The minimum atomic E-state index is -1.52. The molecule has 0 aliphatic rings. The molecule has 0 radical (unpaired) electrons. The SMILES string of the molecule is CSCCC(N)C(=O)NC(Cc1ccc(O)cc1)C(=O)NC(CC(N)=O)C(=O)NC(Cc1cnc[nH]1)C(=O)O. The van der Waals surface area contributed by atoms with E-state index < -0.39 is 60.2 Å². The van der Waals surface area contributed by atoms with Crippen LogP contribution in [0.15, 0.2) is 36.8 Å². The molecule has 0 fully saturated rings. The molecule has 2 aromatic rings. The number of carboxylic acid groups (broad SMARTS) is 1. The quantitative estimate of drug-likeness (QED) is 0.116. The predicted octanol–water partition coefficient (Wildman–Crippen LogP) is -1.60. The molecule has 39 heavy (non-hydrogen) atoms. The number of hydrogen-bond donors (Lipinski definition) is 8. The Balaban J connectivity index is 2.21. The third-order valence-corrected chi connectivity index (χ3v) is 6.25. The van der Waals surface area contributed by atoms with Crippen molar-refractivity contribution in [1.29, 1.82) is 0 Å². The van der Waals surface area contributed by atoms with E-state index in [4.69, 9.17) is 11.5 Å². The van der Waals surface area contributed by atoms with Gasteiger partial charge in [-0.3, -0.25) is 19.2 Å². The summed E-state index contributed by atoms with van der Waals surface area (Å²) in [5, 5.41) is 26.4. The van der Waals surface area contributed by atoms with Crippen molar-refractivity contribution in [2.75, 3.05) is 12.0 Å². The summed E-state index contributed by atoms with van der Waals surface area (Å²) >= 11 is 1.50. The molecule has 1 aromatic heterocycles. The van der Waals surface area contributed by atoms with Crippen molar-refractivity contribution in [3.63, 3.8) is 0 Å². The van der Waals surface area contributed by atoms with Crippen LogP contribution < -0.4 is 27.4 Å². The number of carboxylic acids is 1. The molecule has 2 rings (SSSR count). The van der Waals surface area contributed by atoms with Crippen LogP contribution in [0.1, 0.15) is 24.1 Å². The lowest BCUT2D eigenvalue weighted by Crippen LogP contribution is -2.58. The minimum absolute atomic E-state index is 0.00387. The van der Waals surface area contributed by atoms with Crippen molar-refractivity contribution in [1.82, 2.24) is 25.9 Å². The second-order valence-electron chi connectivity index (χ2n) is 8.73. The summed E-state index contributed by atoms with van der Waals surface area (Å²) in [6.07, 6.45) is 4.18. The molecule has 15 heteroatoms. The number of aromatic amines is 1. The van der Waals surface area contributed by atoms with Gasteiger partial charge in [0.25, 0.3) is 0 Å². The van der Waals surface area contributed by atoms with Crippen LogP contribution in [0, 0.1) is 0 Å². The number of rotatable bonds is 16. The van der Waals surface area contributed by atoms with E-state index in [1.165, 1.54) is 36.4 Å². The number of aromatic hydroxyl groups is 1. The van der Waals surface area contributed by atoms with Gasteiger partial charge >= 0.3 is 5.97 Å². The van der Waals surface area contributed by atoms with Gasteiger partial charge in [0.05, 0.1) is 18.8 Å². The first-order valence-corrected chi connectivity index (χ1v) is 13.3. The van der Waals surface area contributed by atoms with E-state index in [-0.39, 0.29) is 18.6 Å². The molecule has 0 aliphatic carbocycles. The number of imidazole rings is 1. The Morgan fingerprint density at radius 3 is 2.15 bits per heavy atom. The van der Waals surface area contributed by atoms with E-state index in [1.807, 2.05) is 6.26 Å². The van der Waals surface area contributed by atoms with Crippen molar-refractivity contribution in [2.45, 2.75) is 49.9 Å². The lowest BCUT2D eigenvalue weighted by molar-refractivity contribution is -0.142. The maximum atomic E-state index is 13.3. The van der Waals surface area contributed by atoms with Crippen LogP contribution in [0.25, 0.3) is 0 Å². The third-order valence-electron chi connectivity index (χ3n) is 5.61. The van der Waals surface area contributed by atoms with Crippen LogP contribution in [0.5, 0.6) is 5.75 Å². The molecule has 1 heterocycles. The van der Waals surface area contributed by atoms with Gasteiger partial charge in [-0.25, -0.2) is 9.78 Å². The molecular weight excluding hydrogens is 530 g/mol. The summed E-state index contributed by atoms with van der Waals surface area (Å²) in [5.74, 6) is -4.02. The number of H-pyrrole nitrogens is 1. The molecule has 0 aliphatic heterocycles. The molecule has 10 N–H and O–H groups in total. The molecular formula is C24H33N7O7S. The van der Waals surface area contributed by atoms with Gasteiger partial charge in [0.2, 0.25) is 23.6 Å². The summed E-state index contributed by atoms with van der Waals surface area (Å²) in [7, 11) is 0. The summed E-state index contributed by atoms with van der Waals surface area (Å²) in [6.45, 7) is 0. The Labute approximate surface area is 228 Å². The van der Waals surface area contributed by atoms with Crippen molar-refractivity contribution in [3.05, 3.63) is 48.0 Å². The maximum absolute atomic E-state index is 13.3. The number of carbonyl (C=O) groups is 5. The Morgan fingerprint density at radius 1 is 0.974 bits per heavy atom. The van der Waals surface area contributed by atoms with Crippen LogP contribution in [0.2, 0.25) is 0 Å². The zero-order valence-corrected chi connectivity index (χ0v) is 22.1. The number of aromatic nitrogens is 2. The highest BCUT2D eigenvalue weighted by molar-refractivity contribution is 7.98. The minimum Gasteiger partial charge on any atom is -0.508 e. The van der Waals surface area contributed by atoms with Crippen molar-refractivity contribution >= 4 is 41.4 Å². The van der Waals surface area contributed by atoms with Crippen LogP contribution in [-0.2, 0) is 36.8 Å². The Morgan fingerprint density at radius 2 is 1.59 bits per heavy atom. The summed E-state index contributed by atoms with van der Waals surface area (Å²) in [6, 6.07) is 0.889. The molecule has 4 amide bonds. The van der Waals surface area contributed by atoms with Crippen molar-refractivity contribution in [2.24, 2.45) is 11.5 Å². The third kappa shape index (κ3) is 10.6. The smallest absolute Gasteiger partial charge is 0.326 e. The van der Waals surface area contributed by atoms with Crippen molar-refractivity contribution in [3.8, 4) is 5.75 Å². The molecule has 0 spiro atoms. The van der Waals surface area contributed by atoms with Crippen LogP contribution in [0.3, 0.4) is 0 Å². The highest BCUT2D eigenvalue weighted by atomic mass is 32.2. The zero-order chi connectivity index (χ0) is 28.9. The molecule has 4 atom stereocenters. The number of nitrogens with two attached hydrogens (primary N) is 2. The Bertz CT molecular complexity index is 1130. The van der Waals surface area contributed by atoms with Gasteiger partial charge in [-0.05, 0) is 36.1 Å². The number of nitrogens with zero attached hydrogens (tertiary/aromatic N) is 1. The topological polar surface area (TPSA) is 243 Å². The van der Waals surface area contributed by atoms with Gasteiger partial charge in [-0.2, -0.15) is 11.8 Å². The fraction of sp³-hybridized carbons (Fsp3) is 0.417. The average molecular weight is 564 g/mol. The van der Waals surface area contributed by atoms with E-state index >= 15 is 0 Å². The summed E-state index contributed by atoms with van der Waals surface area (Å²) in [4.78, 5) is 68.9. The summed E-state index contributed by atoms with van der Waals surface area (Å²) < 4.78 is 0.